The Morgan fingerprint density at radius 3 is 2.52 bits per heavy atom. The molecule has 2 heterocycles. The van der Waals surface area contributed by atoms with Crippen LogP contribution in [0.15, 0.2) is 73.1 Å². The molecule has 5 rings (SSSR count). The fourth-order valence-corrected chi connectivity index (χ4v) is 4.09. The van der Waals surface area contributed by atoms with E-state index in [-0.39, 0.29) is 5.69 Å². The Morgan fingerprint density at radius 1 is 0.939 bits per heavy atom. The lowest BCUT2D eigenvalue weighted by Gasteiger charge is -2.21. The lowest BCUT2D eigenvalue weighted by Crippen LogP contribution is -2.28. The molecule has 7 heteroatoms. The quantitative estimate of drug-likeness (QED) is 0.352. The van der Waals surface area contributed by atoms with Crippen LogP contribution in [0.4, 0.5) is 13.2 Å². The van der Waals surface area contributed by atoms with Crippen molar-refractivity contribution in [1.82, 2.24) is 19.9 Å². The lowest BCUT2D eigenvalue weighted by atomic mass is 10.0. The summed E-state index contributed by atoms with van der Waals surface area (Å²) in [6, 6.07) is 18.4. The maximum Gasteiger partial charge on any atom is 0.418 e. The average Bonchev–Trinajstić information content (AvgIpc) is 3.67. The molecule has 4 aromatic rings. The Morgan fingerprint density at radius 2 is 1.76 bits per heavy atom. The number of hydrogen-bond acceptors (Lipinski definition) is 4. The van der Waals surface area contributed by atoms with Gasteiger partial charge in [-0.1, -0.05) is 42.5 Å². The van der Waals surface area contributed by atoms with E-state index in [9.17, 15) is 13.2 Å². The first-order valence-corrected chi connectivity index (χ1v) is 11.0. The van der Waals surface area contributed by atoms with Gasteiger partial charge >= 0.3 is 6.18 Å². The number of alkyl halides is 3. The second kappa shape index (κ2) is 8.90. The maximum atomic E-state index is 13.4. The fraction of sp³-hybridized carbons (Fsp3) is 0.269. The number of fused-ring (bicyclic) bond motifs is 1. The number of hydrogen-bond donors (Lipinski definition) is 0. The van der Waals surface area contributed by atoms with Crippen LogP contribution in [-0.2, 0) is 19.1 Å². The normalized spacial score (nSPS) is 14.2. The van der Waals surface area contributed by atoms with Crippen LogP contribution in [0.3, 0.4) is 0 Å². The zero-order valence-electron chi connectivity index (χ0n) is 18.0. The molecule has 0 saturated heterocycles. The van der Waals surface area contributed by atoms with Crippen LogP contribution in [0.5, 0.6) is 0 Å². The summed E-state index contributed by atoms with van der Waals surface area (Å²) in [4.78, 5) is 15.6. The van der Waals surface area contributed by atoms with Gasteiger partial charge in [0, 0.05) is 48.9 Å². The molecule has 0 unspecified atom stereocenters. The van der Waals surface area contributed by atoms with Gasteiger partial charge in [-0.05, 0) is 36.6 Å². The summed E-state index contributed by atoms with van der Waals surface area (Å²) in [6.07, 6.45) is 1.74. The highest BCUT2D eigenvalue weighted by atomic mass is 19.4. The van der Waals surface area contributed by atoms with Crippen molar-refractivity contribution in [2.45, 2.75) is 38.0 Å². The zero-order valence-corrected chi connectivity index (χ0v) is 18.0. The van der Waals surface area contributed by atoms with Crippen molar-refractivity contribution in [2.24, 2.45) is 0 Å². The fourth-order valence-electron chi connectivity index (χ4n) is 4.09. The van der Waals surface area contributed by atoms with E-state index in [0.717, 1.165) is 24.5 Å². The van der Waals surface area contributed by atoms with Gasteiger partial charge in [0.15, 0.2) is 0 Å². The Balaban J connectivity index is 1.37. The molecular formula is C26H23F3N4. The monoisotopic (exact) mass is 448 g/mol. The SMILES string of the molecule is FC(F)(F)c1cccnc1-c1ccc2cnc(CCN(Cc3ccccc3)C3CC3)nc2c1. The maximum absolute atomic E-state index is 13.4. The second-order valence-corrected chi connectivity index (χ2v) is 8.39. The molecule has 168 valence electrons. The minimum atomic E-state index is -4.47. The molecule has 0 N–H and O–H groups in total. The summed E-state index contributed by atoms with van der Waals surface area (Å²) >= 11 is 0. The topological polar surface area (TPSA) is 41.9 Å². The predicted molar refractivity (Wildman–Crippen MR) is 121 cm³/mol. The van der Waals surface area contributed by atoms with Gasteiger partial charge in [-0.3, -0.25) is 9.88 Å². The van der Waals surface area contributed by atoms with Crippen molar-refractivity contribution in [2.75, 3.05) is 6.54 Å². The number of aromatic nitrogens is 3. The van der Waals surface area contributed by atoms with Gasteiger partial charge in [0.25, 0.3) is 0 Å². The van der Waals surface area contributed by atoms with Crippen molar-refractivity contribution >= 4 is 10.9 Å². The summed E-state index contributed by atoms with van der Waals surface area (Å²) in [6.45, 7) is 1.73. The highest BCUT2D eigenvalue weighted by Gasteiger charge is 2.34. The zero-order chi connectivity index (χ0) is 22.8. The molecule has 0 radical (unpaired) electrons. The molecule has 2 aromatic carbocycles. The van der Waals surface area contributed by atoms with Crippen molar-refractivity contribution in [1.29, 1.82) is 0 Å². The Hall–Kier alpha value is -3.32. The summed E-state index contributed by atoms with van der Waals surface area (Å²) in [7, 11) is 0. The first-order valence-electron chi connectivity index (χ1n) is 11.0. The molecule has 4 nitrogen and oxygen atoms in total. The minimum Gasteiger partial charge on any atom is -0.296 e. The largest absolute Gasteiger partial charge is 0.418 e. The number of nitrogens with zero attached hydrogens (tertiary/aromatic N) is 4. The average molecular weight is 448 g/mol. The van der Waals surface area contributed by atoms with Crippen LogP contribution in [0, 0.1) is 0 Å². The van der Waals surface area contributed by atoms with Gasteiger partial charge in [0.05, 0.1) is 16.8 Å². The molecule has 33 heavy (non-hydrogen) atoms. The van der Waals surface area contributed by atoms with Crippen molar-refractivity contribution < 1.29 is 13.2 Å². The van der Waals surface area contributed by atoms with Gasteiger partial charge in [-0.25, -0.2) is 9.97 Å². The molecule has 2 aromatic heterocycles. The lowest BCUT2D eigenvalue weighted by molar-refractivity contribution is -0.137. The molecule has 0 atom stereocenters. The molecule has 1 saturated carbocycles. The smallest absolute Gasteiger partial charge is 0.296 e. The predicted octanol–water partition coefficient (Wildman–Crippen LogP) is 5.92. The molecule has 0 bridgehead atoms. The van der Waals surface area contributed by atoms with E-state index in [2.05, 4.69) is 44.1 Å². The highest BCUT2D eigenvalue weighted by Crippen LogP contribution is 2.36. The van der Waals surface area contributed by atoms with Gasteiger partial charge in [0.1, 0.15) is 5.82 Å². The van der Waals surface area contributed by atoms with Crippen LogP contribution in [0.25, 0.3) is 22.2 Å². The van der Waals surface area contributed by atoms with Gasteiger partial charge in [-0.15, -0.1) is 0 Å². The first-order chi connectivity index (χ1) is 16.0. The summed E-state index contributed by atoms with van der Waals surface area (Å²) < 4.78 is 40.3. The van der Waals surface area contributed by atoms with Crippen molar-refractivity contribution in [3.05, 3.63) is 90.0 Å². The summed E-state index contributed by atoms with van der Waals surface area (Å²) in [5, 5.41) is 0.787. The van der Waals surface area contributed by atoms with Crippen molar-refractivity contribution in [3.63, 3.8) is 0 Å². The van der Waals surface area contributed by atoms with E-state index in [1.807, 2.05) is 6.07 Å². The molecule has 1 aliphatic carbocycles. The van der Waals surface area contributed by atoms with E-state index in [1.165, 1.54) is 30.7 Å². The van der Waals surface area contributed by atoms with Crippen LogP contribution in [0.2, 0.25) is 0 Å². The number of benzene rings is 2. The van der Waals surface area contributed by atoms with Crippen LogP contribution < -0.4 is 0 Å². The van der Waals surface area contributed by atoms with Crippen LogP contribution in [0.1, 0.15) is 29.8 Å². The minimum absolute atomic E-state index is 0.0881. The van der Waals surface area contributed by atoms with E-state index in [0.29, 0.717) is 29.4 Å². The van der Waals surface area contributed by atoms with Crippen LogP contribution >= 0.6 is 0 Å². The van der Waals surface area contributed by atoms with E-state index in [4.69, 9.17) is 0 Å². The van der Waals surface area contributed by atoms with Gasteiger partial charge < -0.3 is 0 Å². The number of rotatable bonds is 7. The molecule has 1 aliphatic rings. The molecule has 0 aliphatic heterocycles. The first kappa shape index (κ1) is 21.5. The summed E-state index contributed by atoms with van der Waals surface area (Å²) in [5.74, 6) is 0.690. The third-order valence-electron chi connectivity index (χ3n) is 5.93. The van der Waals surface area contributed by atoms with Crippen molar-refractivity contribution in [3.8, 4) is 11.3 Å². The molecule has 0 amide bonds. The standard InChI is InChI=1S/C26H23F3N4/c27-26(28,29)22-7-4-13-30-25(22)19-8-9-20-16-31-24(32-23(20)15-19)12-14-33(21-10-11-21)17-18-5-2-1-3-6-18/h1-9,13,15-16,21H,10-12,14,17H2. The number of pyridine rings is 1. The molecule has 0 spiro atoms. The van der Waals surface area contributed by atoms with E-state index in [1.54, 1.807) is 24.4 Å². The van der Waals surface area contributed by atoms with Gasteiger partial charge in [0.2, 0.25) is 0 Å². The Labute approximate surface area is 190 Å². The Bertz CT molecular complexity index is 1250. The third-order valence-corrected chi connectivity index (χ3v) is 5.93. The van der Waals surface area contributed by atoms with Crippen LogP contribution in [-0.4, -0.2) is 32.4 Å². The molecule has 1 fully saturated rings. The summed E-state index contributed by atoms with van der Waals surface area (Å²) in [5.41, 5.74) is 1.46. The highest BCUT2D eigenvalue weighted by molar-refractivity contribution is 5.83. The van der Waals surface area contributed by atoms with Gasteiger partial charge in [-0.2, -0.15) is 13.2 Å². The Kier molecular flexibility index (Phi) is 5.81. The van der Waals surface area contributed by atoms with E-state index >= 15 is 0 Å². The second-order valence-electron chi connectivity index (χ2n) is 8.39. The molecular weight excluding hydrogens is 425 g/mol. The number of halogens is 3. The van der Waals surface area contributed by atoms with E-state index < -0.39 is 11.7 Å². The third kappa shape index (κ3) is 5.03.